The Hall–Kier alpha value is -1.14. The molecule has 0 radical (unpaired) electrons. The van der Waals surface area contributed by atoms with E-state index in [0.29, 0.717) is 18.6 Å². The van der Waals surface area contributed by atoms with Gasteiger partial charge in [-0.3, -0.25) is 4.90 Å². The van der Waals surface area contributed by atoms with Crippen molar-refractivity contribution in [2.75, 3.05) is 37.7 Å². The Balaban J connectivity index is 2.04. The van der Waals surface area contributed by atoms with Gasteiger partial charge in [-0.2, -0.15) is 15.0 Å². The second-order valence-electron chi connectivity index (χ2n) is 6.18. The van der Waals surface area contributed by atoms with Crippen LogP contribution in [0.15, 0.2) is 0 Å². The molecule has 6 nitrogen and oxygen atoms in total. The molecule has 0 spiro atoms. The average molecular weight is 314 g/mol. The molecule has 1 aliphatic rings. The fourth-order valence-electron chi connectivity index (χ4n) is 2.30. The van der Waals surface area contributed by atoms with Gasteiger partial charge in [0.2, 0.25) is 11.2 Å². The average Bonchev–Trinajstić information content (AvgIpc) is 2.44. The van der Waals surface area contributed by atoms with Crippen molar-refractivity contribution in [2.45, 2.75) is 39.7 Å². The molecule has 1 fully saturated rings. The van der Waals surface area contributed by atoms with Crippen LogP contribution in [0, 0.1) is 0 Å². The summed E-state index contributed by atoms with van der Waals surface area (Å²) < 4.78 is 5.46. The molecule has 0 unspecified atom stereocenters. The molecule has 0 aliphatic carbocycles. The minimum atomic E-state index is 0.185. The Bertz CT molecular complexity index is 469. The van der Waals surface area contributed by atoms with Gasteiger partial charge in [0.1, 0.15) is 0 Å². The molecule has 2 rings (SSSR count). The molecule has 0 bridgehead atoms. The molecular formula is C14H24ClN5O. The van der Waals surface area contributed by atoms with Crippen LogP contribution in [0.25, 0.3) is 0 Å². The van der Waals surface area contributed by atoms with E-state index in [0.717, 1.165) is 32.6 Å². The van der Waals surface area contributed by atoms with Crippen molar-refractivity contribution in [3.63, 3.8) is 0 Å². The third-order valence-corrected chi connectivity index (χ3v) is 3.69. The van der Waals surface area contributed by atoms with Gasteiger partial charge in [0.05, 0.1) is 6.61 Å². The molecule has 2 heterocycles. The van der Waals surface area contributed by atoms with Crippen molar-refractivity contribution in [2.24, 2.45) is 0 Å². The van der Waals surface area contributed by atoms with Crippen molar-refractivity contribution in [1.82, 2.24) is 19.9 Å². The smallest absolute Gasteiger partial charge is 0.322 e. The number of hydrogen-bond acceptors (Lipinski definition) is 6. The summed E-state index contributed by atoms with van der Waals surface area (Å²) in [5, 5.41) is 0.185. The van der Waals surface area contributed by atoms with Crippen LogP contribution in [0.5, 0.6) is 6.01 Å². The van der Waals surface area contributed by atoms with E-state index in [9.17, 15) is 0 Å². The van der Waals surface area contributed by atoms with Crippen molar-refractivity contribution >= 4 is 17.5 Å². The van der Waals surface area contributed by atoms with Gasteiger partial charge >= 0.3 is 6.01 Å². The Morgan fingerprint density at radius 3 is 2.33 bits per heavy atom. The first-order chi connectivity index (χ1) is 9.90. The molecule has 0 aromatic carbocycles. The molecule has 118 valence electrons. The van der Waals surface area contributed by atoms with E-state index in [2.05, 4.69) is 45.5 Å². The second kappa shape index (κ2) is 6.75. The van der Waals surface area contributed by atoms with Gasteiger partial charge in [0.15, 0.2) is 0 Å². The van der Waals surface area contributed by atoms with E-state index in [1.807, 2.05) is 6.92 Å². The number of rotatable bonds is 4. The van der Waals surface area contributed by atoms with Gasteiger partial charge in [-0.25, -0.2) is 0 Å². The van der Waals surface area contributed by atoms with Crippen LogP contribution >= 0.6 is 11.6 Å². The largest absolute Gasteiger partial charge is 0.463 e. The summed E-state index contributed by atoms with van der Waals surface area (Å²) in [6.07, 6.45) is 0.906. The van der Waals surface area contributed by atoms with Gasteiger partial charge in [-0.1, -0.05) is 6.92 Å². The molecule has 1 aliphatic heterocycles. The Morgan fingerprint density at radius 2 is 1.76 bits per heavy atom. The quantitative estimate of drug-likeness (QED) is 0.849. The maximum absolute atomic E-state index is 5.97. The third kappa shape index (κ3) is 4.41. The molecule has 0 N–H and O–H groups in total. The minimum absolute atomic E-state index is 0.185. The van der Waals surface area contributed by atoms with Gasteiger partial charge < -0.3 is 9.64 Å². The highest BCUT2D eigenvalue weighted by atomic mass is 35.5. The fourth-order valence-corrected chi connectivity index (χ4v) is 2.45. The maximum Gasteiger partial charge on any atom is 0.322 e. The predicted octanol–water partition coefficient (Wildman–Crippen LogP) is 2.23. The molecule has 1 aromatic heterocycles. The van der Waals surface area contributed by atoms with Crippen LogP contribution in [0.3, 0.4) is 0 Å². The number of aromatic nitrogens is 3. The fraction of sp³-hybridized carbons (Fsp3) is 0.786. The van der Waals surface area contributed by atoms with Crippen LogP contribution in [0.1, 0.15) is 34.1 Å². The van der Waals surface area contributed by atoms with E-state index >= 15 is 0 Å². The second-order valence-corrected chi connectivity index (χ2v) is 6.52. The molecule has 0 atom stereocenters. The number of halogens is 1. The molecule has 0 saturated carbocycles. The SMILES string of the molecule is CCCOc1nc(Cl)nc(N2CCN(C(C)(C)C)CC2)n1. The molecule has 1 aromatic rings. The van der Waals surface area contributed by atoms with Crippen LogP contribution in [-0.4, -0.2) is 58.2 Å². The van der Waals surface area contributed by atoms with Crippen LogP contribution in [-0.2, 0) is 0 Å². The zero-order valence-corrected chi connectivity index (χ0v) is 14.0. The Labute approximate surface area is 131 Å². The van der Waals surface area contributed by atoms with Crippen molar-refractivity contribution < 1.29 is 4.74 Å². The first-order valence-corrected chi connectivity index (χ1v) is 7.82. The van der Waals surface area contributed by atoms with Crippen molar-refractivity contribution in [3.8, 4) is 6.01 Å². The minimum Gasteiger partial charge on any atom is -0.463 e. The number of anilines is 1. The summed E-state index contributed by atoms with van der Waals surface area (Å²) in [5.41, 5.74) is 0.193. The monoisotopic (exact) mass is 313 g/mol. The molecule has 21 heavy (non-hydrogen) atoms. The van der Waals surface area contributed by atoms with E-state index in [-0.39, 0.29) is 10.8 Å². The van der Waals surface area contributed by atoms with Gasteiger partial charge in [-0.15, -0.1) is 0 Å². The number of ether oxygens (including phenoxy) is 1. The van der Waals surface area contributed by atoms with E-state index < -0.39 is 0 Å². The van der Waals surface area contributed by atoms with E-state index in [1.165, 1.54) is 0 Å². The van der Waals surface area contributed by atoms with Crippen LogP contribution in [0.4, 0.5) is 5.95 Å². The topological polar surface area (TPSA) is 54.4 Å². The van der Waals surface area contributed by atoms with Gasteiger partial charge in [0.25, 0.3) is 0 Å². The summed E-state index contributed by atoms with van der Waals surface area (Å²) in [6.45, 7) is 13.1. The van der Waals surface area contributed by atoms with Gasteiger partial charge in [0, 0.05) is 31.7 Å². The molecule has 1 saturated heterocycles. The van der Waals surface area contributed by atoms with Gasteiger partial charge in [-0.05, 0) is 38.8 Å². The molecular weight excluding hydrogens is 290 g/mol. The zero-order chi connectivity index (χ0) is 15.5. The number of nitrogens with zero attached hydrogens (tertiary/aromatic N) is 5. The lowest BCUT2D eigenvalue weighted by Gasteiger charge is -2.42. The highest BCUT2D eigenvalue weighted by Crippen LogP contribution is 2.20. The highest BCUT2D eigenvalue weighted by molar-refractivity contribution is 6.28. The Morgan fingerprint density at radius 1 is 1.10 bits per heavy atom. The lowest BCUT2D eigenvalue weighted by molar-refractivity contribution is 0.128. The van der Waals surface area contributed by atoms with Crippen molar-refractivity contribution in [3.05, 3.63) is 5.28 Å². The Kier molecular flexibility index (Phi) is 5.22. The predicted molar refractivity (Wildman–Crippen MR) is 84.2 cm³/mol. The standard InChI is InChI=1S/C14H24ClN5O/c1-5-10-21-13-17-11(15)16-12(18-13)19-6-8-20(9-7-19)14(2,3)4/h5-10H2,1-4H3. The number of hydrogen-bond donors (Lipinski definition) is 0. The first-order valence-electron chi connectivity index (χ1n) is 7.44. The first kappa shape index (κ1) is 16.2. The lowest BCUT2D eigenvalue weighted by atomic mass is 10.1. The summed E-state index contributed by atoms with van der Waals surface area (Å²) in [7, 11) is 0. The van der Waals surface area contributed by atoms with E-state index in [1.54, 1.807) is 0 Å². The summed E-state index contributed by atoms with van der Waals surface area (Å²) in [6, 6.07) is 0.310. The van der Waals surface area contributed by atoms with Crippen LogP contribution in [0.2, 0.25) is 5.28 Å². The summed E-state index contributed by atoms with van der Waals surface area (Å²) in [5.74, 6) is 0.606. The zero-order valence-electron chi connectivity index (χ0n) is 13.3. The highest BCUT2D eigenvalue weighted by Gasteiger charge is 2.27. The molecule has 0 amide bonds. The van der Waals surface area contributed by atoms with E-state index in [4.69, 9.17) is 16.3 Å². The maximum atomic E-state index is 5.97. The molecule has 7 heteroatoms. The normalized spacial score (nSPS) is 17.1. The summed E-state index contributed by atoms with van der Waals surface area (Å²) >= 11 is 5.97. The number of piperazine rings is 1. The third-order valence-electron chi connectivity index (χ3n) is 3.52. The van der Waals surface area contributed by atoms with Crippen molar-refractivity contribution in [1.29, 1.82) is 0 Å². The summed E-state index contributed by atoms with van der Waals surface area (Å²) in [4.78, 5) is 17.2. The van der Waals surface area contributed by atoms with Crippen LogP contribution < -0.4 is 9.64 Å². The lowest BCUT2D eigenvalue weighted by Crippen LogP contribution is -2.53.